The second kappa shape index (κ2) is 8.08. The summed E-state index contributed by atoms with van der Waals surface area (Å²) in [6, 6.07) is 11.6. The topological polar surface area (TPSA) is 58.6 Å². The summed E-state index contributed by atoms with van der Waals surface area (Å²) in [5.74, 6) is -0.457. The van der Waals surface area contributed by atoms with Crippen molar-refractivity contribution in [2.45, 2.75) is 6.92 Å². The van der Waals surface area contributed by atoms with Crippen LogP contribution in [0.2, 0.25) is 10.0 Å². The van der Waals surface area contributed by atoms with Crippen LogP contribution in [0.15, 0.2) is 48.0 Å². The first kappa shape index (κ1) is 19.4. The van der Waals surface area contributed by atoms with E-state index in [9.17, 15) is 9.59 Å². The summed E-state index contributed by atoms with van der Waals surface area (Å²) in [7, 11) is 0. The third-order valence-electron chi connectivity index (χ3n) is 3.77. The molecule has 0 unspecified atom stereocenters. The zero-order valence-corrected chi connectivity index (χ0v) is 16.5. The molecule has 2 aromatic carbocycles. The molecule has 0 spiro atoms. The number of rotatable bonds is 4. The zero-order valence-electron chi connectivity index (χ0n) is 14.2. The zero-order chi connectivity index (χ0) is 19.6. The number of anilines is 1. The fourth-order valence-electron chi connectivity index (χ4n) is 2.52. The van der Waals surface area contributed by atoms with Gasteiger partial charge < -0.3 is 4.74 Å². The smallest absolute Gasteiger partial charge is 0.270 e. The first-order chi connectivity index (χ1) is 12.9. The van der Waals surface area contributed by atoms with Crippen molar-refractivity contribution in [1.29, 1.82) is 0 Å². The lowest BCUT2D eigenvalue weighted by molar-refractivity contribution is -0.122. The Hall–Kier alpha value is -2.41. The Morgan fingerprint density at radius 3 is 2.48 bits per heavy atom. The molecular formula is C19H14Cl2N2O3S. The van der Waals surface area contributed by atoms with Gasteiger partial charge in [0.15, 0.2) is 5.11 Å². The van der Waals surface area contributed by atoms with E-state index < -0.39 is 11.8 Å². The van der Waals surface area contributed by atoms with Crippen molar-refractivity contribution in [3.63, 3.8) is 0 Å². The van der Waals surface area contributed by atoms with Gasteiger partial charge in [0.05, 0.1) is 12.3 Å². The fraction of sp³-hybridized carbons (Fsp3) is 0.105. The molecule has 0 saturated carbocycles. The number of carbonyl (C=O) groups is 2. The molecule has 1 fully saturated rings. The van der Waals surface area contributed by atoms with Crippen molar-refractivity contribution in [3.8, 4) is 5.75 Å². The van der Waals surface area contributed by atoms with Gasteiger partial charge in [-0.2, -0.15) is 0 Å². The molecule has 1 N–H and O–H groups in total. The molecule has 27 heavy (non-hydrogen) atoms. The Labute approximate surface area is 171 Å². The summed E-state index contributed by atoms with van der Waals surface area (Å²) >= 11 is 17.2. The fourth-order valence-corrected chi connectivity index (χ4v) is 3.27. The third kappa shape index (κ3) is 4.13. The molecule has 5 nitrogen and oxygen atoms in total. The molecule has 0 aliphatic carbocycles. The van der Waals surface area contributed by atoms with E-state index in [1.807, 2.05) is 6.92 Å². The predicted octanol–water partition coefficient (Wildman–Crippen LogP) is 4.22. The molecule has 1 heterocycles. The van der Waals surface area contributed by atoms with E-state index in [2.05, 4.69) is 5.32 Å². The van der Waals surface area contributed by atoms with Gasteiger partial charge in [-0.05, 0) is 67.2 Å². The van der Waals surface area contributed by atoms with Crippen LogP contribution in [-0.4, -0.2) is 23.5 Å². The second-order valence-corrected chi connectivity index (χ2v) is 6.78. The number of amides is 2. The molecule has 138 valence electrons. The lowest BCUT2D eigenvalue weighted by Gasteiger charge is -2.29. The van der Waals surface area contributed by atoms with Crippen LogP contribution in [-0.2, 0) is 9.59 Å². The SMILES string of the molecule is CCOc1ccc(N2C(=O)/C(=C\c3ccc(Cl)cc3Cl)C(=O)NC2=S)cc1. The third-order valence-corrected chi connectivity index (χ3v) is 4.62. The van der Waals surface area contributed by atoms with Gasteiger partial charge >= 0.3 is 0 Å². The number of ether oxygens (including phenoxy) is 1. The van der Waals surface area contributed by atoms with Crippen molar-refractivity contribution in [2.24, 2.45) is 0 Å². The number of nitrogens with zero attached hydrogens (tertiary/aromatic N) is 1. The maximum atomic E-state index is 12.9. The molecule has 1 aliphatic heterocycles. The number of carbonyl (C=O) groups excluding carboxylic acids is 2. The molecule has 0 atom stereocenters. The first-order valence-corrected chi connectivity index (χ1v) is 9.16. The molecule has 8 heteroatoms. The standard InChI is InChI=1S/C19H14Cl2N2O3S/c1-2-26-14-7-5-13(6-8-14)23-18(25)15(17(24)22-19(23)27)9-11-3-4-12(20)10-16(11)21/h3-10H,2H2,1H3,(H,22,24,27)/b15-9-. The van der Waals surface area contributed by atoms with E-state index in [1.54, 1.807) is 36.4 Å². The highest BCUT2D eigenvalue weighted by Gasteiger charge is 2.34. The first-order valence-electron chi connectivity index (χ1n) is 8.00. The summed E-state index contributed by atoms with van der Waals surface area (Å²) in [6.07, 6.45) is 1.42. The van der Waals surface area contributed by atoms with Crippen LogP contribution in [0.5, 0.6) is 5.75 Å². The highest BCUT2D eigenvalue weighted by atomic mass is 35.5. The number of halogens is 2. The van der Waals surface area contributed by atoms with Gasteiger partial charge in [-0.25, -0.2) is 0 Å². The Morgan fingerprint density at radius 1 is 1.15 bits per heavy atom. The molecule has 3 rings (SSSR count). The van der Waals surface area contributed by atoms with Gasteiger partial charge in [0.25, 0.3) is 11.8 Å². The maximum Gasteiger partial charge on any atom is 0.270 e. The Morgan fingerprint density at radius 2 is 1.85 bits per heavy atom. The van der Waals surface area contributed by atoms with Crippen molar-refractivity contribution >= 4 is 64.1 Å². The lowest BCUT2D eigenvalue weighted by Crippen LogP contribution is -2.54. The van der Waals surface area contributed by atoms with Crippen LogP contribution in [0.1, 0.15) is 12.5 Å². The van der Waals surface area contributed by atoms with Gasteiger partial charge in [-0.1, -0.05) is 29.3 Å². The van der Waals surface area contributed by atoms with Crippen molar-refractivity contribution < 1.29 is 14.3 Å². The van der Waals surface area contributed by atoms with Gasteiger partial charge in [0, 0.05) is 10.0 Å². The molecular weight excluding hydrogens is 407 g/mol. The highest BCUT2D eigenvalue weighted by molar-refractivity contribution is 7.80. The minimum Gasteiger partial charge on any atom is -0.494 e. The molecule has 0 radical (unpaired) electrons. The molecule has 0 aromatic heterocycles. The number of thiocarbonyl (C=S) groups is 1. The number of hydrogen-bond acceptors (Lipinski definition) is 4. The monoisotopic (exact) mass is 420 g/mol. The minimum atomic E-state index is -0.585. The van der Waals surface area contributed by atoms with Gasteiger partial charge in [0.1, 0.15) is 11.3 Å². The van der Waals surface area contributed by atoms with Gasteiger partial charge in [-0.15, -0.1) is 0 Å². The minimum absolute atomic E-state index is 0.00788. The van der Waals surface area contributed by atoms with Crippen molar-refractivity contribution in [1.82, 2.24) is 5.32 Å². The van der Waals surface area contributed by atoms with Gasteiger partial charge in [0.2, 0.25) is 0 Å². The Kier molecular flexibility index (Phi) is 5.79. The maximum absolute atomic E-state index is 12.9. The van der Waals surface area contributed by atoms with E-state index in [0.29, 0.717) is 33.7 Å². The lowest BCUT2D eigenvalue weighted by atomic mass is 10.1. The van der Waals surface area contributed by atoms with E-state index in [1.165, 1.54) is 17.0 Å². The summed E-state index contributed by atoms with van der Waals surface area (Å²) in [6.45, 7) is 2.41. The second-order valence-electron chi connectivity index (χ2n) is 5.55. The van der Waals surface area contributed by atoms with Crippen LogP contribution in [0.4, 0.5) is 5.69 Å². The van der Waals surface area contributed by atoms with Gasteiger partial charge in [-0.3, -0.25) is 19.8 Å². The molecule has 2 amide bonds. The average Bonchev–Trinajstić information content (AvgIpc) is 2.61. The summed E-state index contributed by atoms with van der Waals surface area (Å²) in [4.78, 5) is 26.5. The quantitative estimate of drug-likeness (QED) is 0.456. The molecule has 2 aromatic rings. The van der Waals surface area contributed by atoms with Crippen molar-refractivity contribution in [3.05, 3.63) is 63.6 Å². The van der Waals surface area contributed by atoms with E-state index >= 15 is 0 Å². The highest BCUT2D eigenvalue weighted by Crippen LogP contribution is 2.27. The van der Waals surface area contributed by atoms with Crippen molar-refractivity contribution in [2.75, 3.05) is 11.5 Å². The molecule has 1 aliphatic rings. The van der Waals surface area contributed by atoms with Crippen LogP contribution < -0.4 is 15.0 Å². The van der Waals surface area contributed by atoms with E-state index in [-0.39, 0.29) is 10.7 Å². The molecule has 1 saturated heterocycles. The summed E-state index contributed by atoms with van der Waals surface area (Å²) in [5, 5.41) is 3.32. The average molecular weight is 421 g/mol. The van der Waals surface area contributed by atoms with E-state index in [4.69, 9.17) is 40.2 Å². The predicted molar refractivity (Wildman–Crippen MR) is 110 cm³/mol. The van der Waals surface area contributed by atoms with Crippen LogP contribution in [0.25, 0.3) is 6.08 Å². The molecule has 0 bridgehead atoms. The van der Waals surface area contributed by atoms with Crippen LogP contribution in [0.3, 0.4) is 0 Å². The van der Waals surface area contributed by atoms with Crippen LogP contribution in [0, 0.1) is 0 Å². The largest absolute Gasteiger partial charge is 0.494 e. The normalized spacial score (nSPS) is 15.9. The Bertz CT molecular complexity index is 958. The van der Waals surface area contributed by atoms with E-state index in [0.717, 1.165) is 0 Å². The number of benzene rings is 2. The Balaban J connectivity index is 1.97. The summed E-state index contributed by atoms with van der Waals surface area (Å²) in [5.41, 5.74) is 0.933. The number of hydrogen-bond donors (Lipinski definition) is 1. The summed E-state index contributed by atoms with van der Waals surface area (Å²) < 4.78 is 5.40. The number of nitrogens with one attached hydrogen (secondary N) is 1. The van der Waals surface area contributed by atoms with Crippen LogP contribution >= 0.6 is 35.4 Å².